The maximum absolute atomic E-state index is 12.0. The molecule has 0 bridgehead atoms. The molecule has 1 aromatic rings. The van der Waals surface area contributed by atoms with Gasteiger partial charge in [0.2, 0.25) is 5.91 Å². The lowest BCUT2D eigenvalue weighted by Gasteiger charge is -2.38. The molecule has 0 saturated heterocycles. The van der Waals surface area contributed by atoms with Gasteiger partial charge in [-0.15, -0.1) is 0 Å². The molecule has 0 radical (unpaired) electrons. The molecule has 1 aliphatic carbocycles. The molecule has 1 aliphatic rings. The second-order valence-corrected chi connectivity index (χ2v) is 8.59. The summed E-state index contributed by atoms with van der Waals surface area (Å²) in [5, 5.41) is 20.8. The third-order valence-electron chi connectivity index (χ3n) is 5.43. The number of hydrogen-bond acceptors (Lipinski definition) is 5. The number of aliphatic hydroxyl groups excluding tert-OH is 1. The zero-order valence-corrected chi connectivity index (χ0v) is 18.1. The number of aromatic hydroxyl groups is 1. The van der Waals surface area contributed by atoms with Crippen LogP contribution in [0.2, 0.25) is 0 Å². The van der Waals surface area contributed by atoms with Crippen molar-refractivity contribution in [3.8, 4) is 11.5 Å². The number of carbonyl (C=O) groups excluding carboxylic acids is 1. The maximum atomic E-state index is 12.0. The van der Waals surface area contributed by atoms with Crippen molar-refractivity contribution in [1.29, 1.82) is 0 Å². The Balaban J connectivity index is 2.52. The normalized spacial score (nSPS) is 23.9. The Morgan fingerprint density at radius 3 is 2.63 bits per heavy atom. The smallest absolute Gasteiger partial charge is 0.234 e. The number of hydrogen-bond donors (Lipinski definition) is 3. The summed E-state index contributed by atoms with van der Waals surface area (Å²) < 4.78 is 7.56. The van der Waals surface area contributed by atoms with Crippen LogP contribution in [0.3, 0.4) is 0 Å². The Hall–Kier alpha value is -1.31. The van der Waals surface area contributed by atoms with Crippen molar-refractivity contribution < 1.29 is 19.7 Å². The molecule has 152 valence electrons. The molecular weight excluding hydrogens is 412 g/mol. The van der Waals surface area contributed by atoms with Crippen molar-refractivity contribution in [2.45, 2.75) is 59.2 Å². The molecule has 7 heteroatoms. The number of phenolic OH excluding ortho intramolecular Hbond substituents is 1. The van der Waals surface area contributed by atoms with Gasteiger partial charge in [0.05, 0.1) is 22.3 Å². The number of nitrogens with zero attached hydrogens (tertiary/aromatic N) is 1. The molecule has 1 amide bonds. The van der Waals surface area contributed by atoms with Crippen molar-refractivity contribution in [1.82, 2.24) is 0 Å². The van der Waals surface area contributed by atoms with E-state index in [0.29, 0.717) is 29.0 Å². The minimum Gasteiger partial charge on any atom is -0.504 e. The van der Waals surface area contributed by atoms with Gasteiger partial charge in [-0.2, -0.15) is 0 Å². The van der Waals surface area contributed by atoms with E-state index in [1.54, 1.807) is 6.07 Å². The van der Waals surface area contributed by atoms with Gasteiger partial charge in [0, 0.05) is 19.0 Å². The highest BCUT2D eigenvalue weighted by atomic mass is 79.9. The lowest BCUT2D eigenvalue weighted by atomic mass is 9.75. The van der Waals surface area contributed by atoms with E-state index >= 15 is 0 Å². The number of nitrogens with two attached hydrogens (primary N) is 1. The Bertz CT molecular complexity index is 668. The summed E-state index contributed by atoms with van der Waals surface area (Å²) in [6, 6.07) is 3.04. The van der Waals surface area contributed by atoms with E-state index in [-0.39, 0.29) is 30.1 Å². The molecule has 0 aliphatic heterocycles. The van der Waals surface area contributed by atoms with Crippen molar-refractivity contribution in [2.24, 2.45) is 23.5 Å². The summed E-state index contributed by atoms with van der Waals surface area (Å²) in [5.41, 5.74) is 6.37. The van der Waals surface area contributed by atoms with Crippen LogP contribution in [0.1, 0.15) is 58.6 Å². The number of rotatable bonds is 6. The van der Waals surface area contributed by atoms with Gasteiger partial charge in [-0.1, -0.05) is 33.3 Å². The van der Waals surface area contributed by atoms with Crippen molar-refractivity contribution in [2.75, 3.05) is 10.5 Å². The molecule has 6 nitrogen and oxygen atoms in total. The number of benzene rings is 1. The zero-order chi connectivity index (χ0) is 20.3. The van der Waals surface area contributed by atoms with Gasteiger partial charge in [0.1, 0.15) is 11.8 Å². The summed E-state index contributed by atoms with van der Waals surface area (Å²) in [7, 11) is 0. The first-order valence-electron chi connectivity index (χ1n) is 9.54. The van der Waals surface area contributed by atoms with Gasteiger partial charge in [-0.05, 0) is 36.7 Å². The van der Waals surface area contributed by atoms with Gasteiger partial charge in [0.15, 0.2) is 11.5 Å². The number of amides is 1. The van der Waals surface area contributed by atoms with Crippen LogP contribution < -0.4 is 14.4 Å². The fourth-order valence-corrected chi connectivity index (χ4v) is 4.22. The summed E-state index contributed by atoms with van der Waals surface area (Å²) in [4.78, 5) is 12.0. The predicted octanol–water partition coefficient (Wildman–Crippen LogP) is 3.89. The van der Waals surface area contributed by atoms with Gasteiger partial charge in [-0.3, -0.25) is 4.79 Å². The largest absolute Gasteiger partial charge is 0.504 e. The molecule has 0 unspecified atom stereocenters. The van der Waals surface area contributed by atoms with Crippen LogP contribution in [0, 0.1) is 17.8 Å². The van der Waals surface area contributed by atoms with E-state index < -0.39 is 6.10 Å². The predicted molar refractivity (Wildman–Crippen MR) is 110 cm³/mol. The third-order valence-corrected chi connectivity index (χ3v) is 6.28. The third kappa shape index (κ3) is 4.95. The van der Waals surface area contributed by atoms with Crippen LogP contribution in [0.15, 0.2) is 12.1 Å². The topological polar surface area (TPSA) is 96.0 Å². The molecule has 1 fully saturated rings. The summed E-state index contributed by atoms with van der Waals surface area (Å²) in [5.74, 6) is 1.17. The summed E-state index contributed by atoms with van der Waals surface area (Å²) in [6.07, 6.45) is 2.05. The molecule has 1 aromatic carbocycles. The SMILES string of the molecule is CC(=O)N(Br)c1c([C@H](O)CN)ccc(O)c1O[C@@H]1C[C@H](C)CC[C@@H]1C(C)C. The summed E-state index contributed by atoms with van der Waals surface area (Å²) >= 11 is 3.25. The van der Waals surface area contributed by atoms with Gasteiger partial charge < -0.3 is 20.7 Å². The molecule has 2 rings (SSSR count). The first-order valence-corrected chi connectivity index (χ1v) is 10.2. The van der Waals surface area contributed by atoms with E-state index in [4.69, 9.17) is 10.5 Å². The van der Waals surface area contributed by atoms with E-state index in [0.717, 1.165) is 19.3 Å². The van der Waals surface area contributed by atoms with E-state index in [1.165, 1.54) is 16.9 Å². The maximum Gasteiger partial charge on any atom is 0.234 e. The second-order valence-electron chi connectivity index (χ2n) is 7.89. The highest BCUT2D eigenvalue weighted by Crippen LogP contribution is 2.46. The first kappa shape index (κ1) is 22.0. The van der Waals surface area contributed by atoms with E-state index in [9.17, 15) is 15.0 Å². The second kappa shape index (κ2) is 9.26. The molecule has 0 heterocycles. The van der Waals surface area contributed by atoms with Crippen LogP contribution in [0.4, 0.5) is 5.69 Å². The number of ether oxygens (including phenoxy) is 1. The van der Waals surface area contributed by atoms with E-state index in [2.05, 4.69) is 36.9 Å². The lowest BCUT2D eigenvalue weighted by Crippen LogP contribution is -2.37. The quantitative estimate of drug-likeness (QED) is 0.580. The number of carbonyl (C=O) groups is 1. The van der Waals surface area contributed by atoms with E-state index in [1.807, 2.05) is 0 Å². The van der Waals surface area contributed by atoms with Crippen LogP contribution in [-0.4, -0.2) is 28.8 Å². The van der Waals surface area contributed by atoms with Crippen molar-refractivity contribution in [3.05, 3.63) is 17.7 Å². The van der Waals surface area contributed by atoms with Crippen LogP contribution in [0.25, 0.3) is 0 Å². The number of halogens is 1. The average Bonchev–Trinajstić information content (AvgIpc) is 2.61. The highest BCUT2D eigenvalue weighted by Gasteiger charge is 2.35. The van der Waals surface area contributed by atoms with Crippen LogP contribution in [0.5, 0.6) is 11.5 Å². The number of anilines is 1. The monoisotopic (exact) mass is 442 g/mol. The van der Waals surface area contributed by atoms with Gasteiger partial charge >= 0.3 is 0 Å². The number of aliphatic hydroxyl groups is 1. The molecule has 1 saturated carbocycles. The standard InChI is InChI=1S/C20H31BrN2O4/c1-11(2)14-6-5-12(3)9-18(14)27-20-16(25)8-7-15(17(26)10-22)19(20)23(21)13(4)24/h7-8,11-12,14,17-18,25-26H,5-6,9-10,22H2,1-4H3/t12-,14-,17-,18-/m1/s1. The molecule has 0 aromatic heterocycles. The molecule has 4 atom stereocenters. The Labute approximate surface area is 170 Å². The fourth-order valence-electron chi connectivity index (χ4n) is 3.85. The Morgan fingerprint density at radius 2 is 2.07 bits per heavy atom. The van der Waals surface area contributed by atoms with Crippen molar-refractivity contribution >= 4 is 27.7 Å². The fraction of sp³-hybridized carbons (Fsp3) is 0.650. The van der Waals surface area contributed by atoms with Crippen LogP contribution in [-0.2, 0) is 4.79 Å². The minimum absolute atomic E-state index is 0.00889. The summed E-state index contributed by atoms with van der Waals surface area (Å²) in [6.45, 7) is 7.94. The number of phenols is 1. The molecule has 4 N–H and O–H groups in total. The van der Waals surface area contributed by atoms with Crippen molar-refractivity contribution in [3.63, 3.8) is 0 Å². The highest BCUT2D eigenvalue weighted by molar-refractivity contribution is 9.10. The molecular formula is C20H31BrN2O4. The average molecular weight is 443 g/mol. The molecule has 0 spiro atoms. The lowest BCUT2D eigenvalue weighted by molar-refractivity contribution is -0.115. The zero-order valence-electron chi connectivity index (χ0n) is 16.5. The van der Waals surface area contributed by atoms with Crippen LogP contribution >= 0.6 is 16.1 Å². The Kier molecular flexibility index (Phi) is 7.54. The van der Waals surface area contributed by atoms with Gasteiger partial charge in [-0.25, -0.2) is 3.93 Å². The minimum atomic E-state index is -0.978. The molecule has 27 heavy (non-hydrogen) atoms. The Morgan fingerprint density at radius 1 is 1.41 bits per heavy atom. The van der Waals surface area contributed by atoms with Gasteiger partial charge in [0.25, 0.3) is 0 Å². The first-order chi connectivity index (χ1) is 12.7.